The summed E-state index contributed by atoms with van der Waals surface area (Å²) in [7, 11) is 1.87. The summed E-state index contributed by atoms with van der Waals surface area (Å²) in [4.78, 5) is 36.3. The normalized spacial score (nSPS) is 17.4. The highest BCUT2D eigenvalue weighted by Gasteiger charge is 2.48. The van der Waals surface area contributed by atoms with Crippen LogP contribution >= 0.6 is 0 Å². The van der Waals surface area contributed by atoms with E-state index in [1.807, 2.05) is 42.1 Å². The van der Waals surface area contributed by atoms with Gasteiger partial charge < -0.3 is 14.0 Å². The van der Waals surface area contributed by atoms with E-state index < -0.39 is 34.5 Å². The molecular formula is C22H20N2O6. The van der Waals surface area contributed by atoms with Crippen LogP contribution in [0.3, 0.4) is 0 Å². The summed E-state index contributed by atoms with van der Waals surface area (Å²) >= 11 is 0. The van der Waals surface area contributed by atoms with Crippen molar-refractivity contribution in [2.45, 2.75) is 25.6 Å². The van der Waals surface area contributed by atoms with Gasteiger partial charge in [-0.05, 0) is 17.2 Å². The summed E-state index contributed by atoms with van der Waals surface area (Å²) in [5.41, 5.74) is 2.17. The van der Waals surface area contributed by atoms with Crippen molar-refractivity contribution in [2.24, 2.45) is 13.0 Å². The number of non-ortho nitro benzene ring substituents is 1. The van der Waals surface area contributed by atoms with Gasteiger partial charge in [0, 0.05) is 56.0 Å². The van der Waals surface area contributed by atoms with Crippen molar-refractivity contribution in [3.05, 3.63) is 76.0 Å². The van der Waals surface area contributed by atoms with E-state index in [2.05, 4.69) is 0 Å². The number of hydrogen-bond acceptors (Lipinski definition) is 6. The Bertz CT molecular complexity index is 1140. The number of rotatable bonds is 4. The second-order valence-corrected chi connectivity index (χ2v) is 7.76. The van der Waals surface area contributed by atoms with Crippen LogP contribution in [-0.4, -0.2) is 27.2 Å². The Morgan fingerprint density at radius 2 is 1.63 bits per heavy atom. The van der Waals surface area contributed by atoms with Gasteiger partial charge in [-0.2, -0.15) is 0 Å². The van der Waals surface area contributed by atoms with Crippen molar-refractivity contribution in [2.75, 3.05) is 0 Å². The maximum absolute atomic E-state index is 12.9. The fraction of sp³-hybridized carbons (Fsp3) is 0.273. The minimum absolute atomic E-state index is 0.0784. The quantitative estimate of drug-likeness (QED) is 0.283. The molecule has 0 spiro atoms. The zero-order valence-electron chi connectivity index (χ0n) is 16.7. The molecule has 1 aromatic heterocycles. The number of cyclic esters (lactones) is 2. The van der Waals surface area contributed by atoms with E-state index in [9.17, 15) is 19.7 Å². The molecule has 1 aliphatic rings. The lowest BCUT2D eigenvalue weighted by atomic mass is 9.80. The number of nitro benzene ring substituents is 1. The first-order valence-corrected chi connectivity index (χ1v) is 9.42. The molecule has 154 valence electrons. The monoisotopic (exact) mass is 408 g/mol. The number of ether oxygens (including phenoxy) is 2. The topological polar surface area (TPSA) is 101 Å². The van der Waals surface area contributed by atoms with Crippen LogP contribution in [0.25, 0.3) is 10.9 Å². The highest BCUT2D eigenvalue weighted by Crippen LogP contribution is 2.41. The third-order valence-corrected chi connectivity index (χ3v) is 5.26. The summed E-state index contributed by atoms with van der Waals surface area (Å²) in [6.07, 6.45) is 1.86. The molecule has 8 heteroatoms. The van der Waals surface area contributed by atoms with Crippen LogP contribution in [0.2, 0.25) is 0 Å². The average Bonchev–Trinajstić information content (AvgIpc) is 3.00. The van der Waals surface area contributed by atoms with Gasteiger partial charge in [0.25, 0.3) is 11.5 Å². The average molecular weight is 408 g/mol. The lowest BCUT2D eigenvalue weighted by molar-refractivity contribution is -0.384. The van der Waals surface area contributed by atoms with Crippen LogP contribution in [0, 0.1) is 16.0 Å². The van der Waals surface area contributed by atoms with Crippen LogP contribution in [0.5, 0.6) is 0 Å². The highest BCUT2D eigenvalue weighted by molar-refractivity contribution is 5.99. The molecule has 2 aromatic carbocycles. The number of hydrogen-bond donors (Lipinski definition) is 0. The van der Waals surface area contributed by atoms with Crippen molar-refractivity contribution in [1.29, 1.82) is 0 Å². The number of carbonyl (C=O) groups is 2. The molecule has 3 aromatic rings. The van der Waals surface area contributed by atoms with Gasteiger partial charge in [0.2, 0.25) is 0 Å². The van der Waals surface area contributed by atoms with E-state index >= 15 is 0 Å². The van der Waals surface area contributed by atoms with Gasteiger partial charge in [-0.3, -0.25) is 19.7 Å². The highest BCUT2D eigenvalue weighted by atomic mass is 16.7. The minimum atomic E-state index is -1.34. The molecule has 1 fully saturated rings. The van der Waals surface area contributed by atoms with Crippen molar-refractivity contribution in [1.82, 2.24) is 4.57 Å². The van der Waals surface area contributed by atoms with Crippen LogP contribution in [0.4, 0.5) is 5.69 Å². The molecule has 4 rings (SSSR count). The van der Waals surface area contributed by atoms with Crippen LogP contribution in [0.15, 0.2) is 54.7 Å². The molecule has 2 heterocycles. The van der Waals surface area contributed by atoms with Crippen LogP contribution < -0.4 is 0 Å². The molecule has 1 atom stereocenters. The molecule has 8 nitrogen and oxygen atoms in total. The maximum Gasteiger partial charge on any atom is 0.324 e. The summed E-state index contributed by atoms with van der Waals surface area (Å²) in [5, 5.41) is 11.9. The SMILES string of the molecule is Cn1cc(C(c2ccc([N+](=O)[O-])cc2)C2C(=O)OC(C)(C)OC2=O)c2ccccc21. The third kappa shape index (κ3) is 3.30. The van der Waals surface area contributed by atoms with Gasteiger partial charge in [-0.15, -0.1) is 0 Å². The Hall–Kier alpha value is -3.68. The number of benzene rings is 2. The molecule has 1 saturated heterocycles. The summed E-state index contributed by atoms with van der Waals surface area (Å²) in [5.74, 6) is -4.68. The second kappa shape index (κ2) is 6.98. The fourth-order valence-corrected chi connectivity index (χ4v) is 3.98. The summed E-state index contributed by atoms with van der Waals surface area (Å²) < 4.78 is 12.6. The lowest BCUT2D eigenvalue weighted by Gasteiger charge is -2.36. The zero-order valence-corrected chi connectivity index (χ0v) is 16.7. The number of fused-ring (bicyclic) bond motifs is 1. The smallest absolute Gasteiger partial charge is 0.324 e. The number of nitrogens with zero attached hydrogens (tertiary/aromatic N) is 2. The standard InChI is InChI=1S/C22H20N2O6/c1-22(2)29-20(25)19(21(26)30-22)18(13-8-10-14(11-9-13)24(27)28)16-12-23(3)17-7-5-4-6-15(16)17/h4-12,18-19H,1-3H3. The lowest BCUT2D eigenvalue weighted by Crippen LogP contribution is -2.48. The first-order valence-electron chi connectivity index (χ1n) is 9.42. The van der Waals surface area contributed by atoms with E-state index in [0.29, 0.717) is 5.56 Å². The molecule has 1 unspecified atom stereocenters. The van der Waals surface area contributed by atoms with Crippen molar-refractivity contribution < 1.29 is 24.0 Å². The number of para-hydroxylation sites is 1. The van der Waals surface area contributed by atoms with Gasteiger partial charge in [-0.1, -0.05) is 30.3 Å². The Labute approximate surface area is 172 Å². The van der Waals surface area contributed by atoms with Gasteiger partial charge in [0.05, 0.1) is 4.92 Å². The summed E-state index contributed by atoms with van der Waals surface area (Å²) in [6.45, 7) is 3.00. The molecule has 0 N–H and O–H groups in total. The molecule has 0 saturated carbocycles. The van der Waals surface area contributed by atoms with Crippen LogP contribution in [0.1, 0.15) is 30.9 Å². The molecular weight excluding hydrogens is 388 g/mol. The Balaban J connectivity index is 1.90. The number of nitro groups is 1. The molecule has 0 amide bonds. The van der Waals surface area contributed by atoms with E-state index in [-0.39, 0.29) is 5.69 Å². The fourth-order valence-electron chi connectivity index (χ4n) is 3.98. The molecule has 0 bridgehead atoms. The first kappa shape index (κ1) is 19.6. The van der Waals surface area contributed by atoms with E-state index in [1.54, 1.807) is 12.1 Å². The predicted octanol–water partition coefficient (Wildman–Crippen LogP) is 3.67. The van der Waals surface area contributed by atoms with Crippen molar-refractivity contribution in [3.63, 3.8) is 0 Å². The zero-order chi connectivity index (χ0) is 21.6. The second-order valence-electron chi connectivity index (χ2n) is 7.76. The third-order valence-electron chi connectivity index (χ3n) is 5.26. The maximum atomic E-state index is 12.9. The van der Waals surface area contributed by atoms with Gasteiger partial charge >= 0.3 is 11.9 Å². The molecule has 0 radical (unpaired) electrons. The van der Waals surface area contributed by atoms with E-state index in [4.69, 9.17) is 9.47 Å². The van der Waals surface area contributed by atoms with E-state index in [1.165, 1.54) is 26.0 Å². The van der Waals surface area contributed by atoms with Crippen LogP contribution in [-0.2, 0) is 26.1 Å². The van der Waals surface area contributed by atoms with Gasteiger partial charge in [0.15, 0.2) is 5.92 Å². The van der Waals surface area contributed by atoms with Crippen molar-refractivity contribution >= 4 is 28.5 Å². The number of aryl methyl sites for hydroxylation is 1. The number of aromatic nitrogens is 1. The minimum Gasteiger partial charge on any atom is -0.422 e. The van der Waals surface area contributed by atoms with Crippen molar-refractivity contribution in [3.8, 4) is 0 Å². The van der Waals surface area contributed by atoms with Gasteiger partial charge in [-0.25, -0.2) is 0 Å². The van der Waals surface area contributed by atoms with E-state index in [0.717, 1.165) is 16.5 Å². The Morgan fingerprint density at radius 3 is 2.23 bits per heavy atom. The molecule has 30 heavy (non-hydrogen) atoms. The molecule has 1 aliphatic heterocycles. The molecule has 0 aliphatic carbocycles. The largest absolute Gasteiger partial charge is 0.422 e. The first-order chi connectivity index (χ1) is 14.2. The Kier molecular flexibility index (Phi) is 4.57. The number of esters is 2. The van der Waals surface area contributed by atoms with Gasteiger partial charge in [0.1, 0.15) is 0 Å². The number of carbonyl (C=O) groups excluding carboxylic acids is 2. The predicted molar refractivity (Wildman–Crippen MR) is 108 cm³/mol. The Morgan fingerprint density at radius 1 is 1.03 bits per heavy atom. The summed E-state index contributed by atoms with van der Waals surface area (Å²) in [6, 6.07) is 13.5.